The summed E-state index contributed by atoms with van der Waals surface area (Å²) in [6.45, 7) is 5.83. The summed E-state index contributed by atoms with van der Waals surface area (Å²) in [5, 5.41) is 2.89. The Morgan fingerprint density at radius 2 is 2.13 bits per heavy atom. The third-order valence-corrected chi connectivity index (χ3v) is 3.75. The number of likely N-dealkylation sites (N-methyl/N-ethyl adjacent to an activating group) is 1. The van der Waals surface area contributed by atoms with Gasteiger partial charge in [0.25, 0.3) is 0 Å². The molecule has 0 aliphatic rings. The van der Waals surface area contributed by atoms with Crippen LogP contribution in [0.1, 0.15) is 24.5 Å². The SMILES string of the molecule is Cc1csc(CC(=O)C(C)(C)N(C)C)n1. The fraction of sp³-hybridized carbons (Fsp3) is 0.636. The Kier molecular flexibility index (Phi) is 3.62. The topological polar surface area (TPSA) is 33.2 Å². The van der Waals surface area contributed by atoms with Crippen LogP contribution in [-0.2, 0) is 11.2 Å². The minimum Gasteiger partial charge on any atom is -0.298 e. The number of hydrogen-bond donors (Lipinski definition) is 0. The molecule has 1 aromatic rings. The van der Waals surface area contributed by atoms with E-state index < -0.39 is 5.54 Å². The standard InChI is InChI=1S/C11H18N2OS/c1-8-7-15-10(12-8)6-9(14)11(2,3)13(4)5/h7H,6H2,1-5H3. The van der Waals surface area contributed by atoms with Gasteiger partial charge >= 0.3 is 0 Å². The summed E-state index contributed by atoms with van der Waals surface area (Å²) in [6.07, 6.45) is 0.434. The van der Waals surface area contributed by atoms with Gasteiger partial charge in [-0.2, -0.15) is 0 Å². The van der Waals surface area contributed by atoms with E-state index in [1.165, 1.54) is 0 Å². The van der Waals surface area contributed by atoms with E-state index in [0.717, 1.165) is 10.7 Å². The van der Waals surface area contributed by atoms with E-state index in [4.69, 9.17) is 0 Å². The van der Waals surface area contributed by atoms with E-state index in [0.29, 0.717) is 6.42 Å². The van der Waals surface area contributed by atoms with Gasteiger partial charge in [-0.1, -0.05) is 0 Å². The van der Waals surface area contributed by atoms with Crippen molar-refractivity contribution >= 4 is 17.1 Å². The van der Waals surface area contributed by atoms with E-state index in [1.807, 2.05) is 45.1 Å². The molecule has 0 radical (unpaired) electrons. The van der Waals surface area contributed by atoms with Crippen molar-refractivity contribution in [1.29, 1.82) is 0 Å². The van der Waals surface area contributed by atoms with Gasteiger partial charge in [0.15, 0.2) is 5.78 Å². The first-order valence-corrected chi connectivity index (χ1v) is 5.83. The molecule has 0 N–H and O–H groups in total. The molecule has 3 nitrogen and oxygen atoms in total. The van der Waals surface area contributed by atoms with Crippen molar-refractivity contribution in [1.82, 2.24) is 9.88 Å². The quantitative estimate of drug-likeness (QED) is 0.786. The number of nitrogens with zero attached hydrogens (tertiary/aromatic N) is 2. The maximum Gasteiger partial charge on any atom is 0.159 e. The molecule has 0 fully saturated rings. The van der Waals surface area contributed by atoms with E-state index in [9.17, 15) is 4.79 Å². The molecule has 0 aromatic carbocycles. The number of hydrogen-bond acceptors (Lipinski definition) is 4. The molecular formula is C11H18N2OS. The van der Waals surface area contributed by atoms with Crippen LogP contribution in [0.5, 0.6) is 0 Å². The van der Waals surface area contributed by atoms with Crippen molar-refractivity contribution in [2.45, 2.75) is 32.7 Å². The lowest BCUT2D eigenvalue weighted by Crippen LogP contribution is -2.46. The first kappa shape index (κ1) is 12.3. The van der Waals surface area contributed by atoms with Crippen LogP contribution in [0.25, 0.3) is 0 Å². The van der Waals surface area contributed by atoms with E-state index in [-0.39, 0.29) is 5.78 Å². The van der Waals surface area contributed by atoms with Crippen molar-refractivity contribution < 1.29 is 4.79 Å². The van der Waals surface area contributed by atoms with Gasteiger partial charge in [0.05, 0.1) is 12.0 Å². The maximum absolute atomic E-state index is 12.0. The van der Waals surface area contributed by atoms with Crippen LogP contribution in [0.2, 0.25) is 0 Å². The summed E-state index contributed by atoms with van der Waals surface area (Å²) >= 11 is 1.56. The zero-order chi connectivity index (χ0) is 11.6. The van der Waals surface area contributed by atoms with Gasteiger partial charge in [-0.3, -0.25) is 9.69 Å². The number of ketones is 1. The molecule has 84 valence electrons. The van der Waals surface area contributed by atoms with Crippen molar-refractivity contribution in [2.75, 3.05) is 14.1 Å². The van der Waals surface area contributed by atoms with Gasteiger partial charge in [-0.25, -0.2) is 4.98 Å². The van der Waals surface area contributed by atoms with Gasteiger partial charge < -0.3 is 0 Å². The first-order chi connectivity index (χ1) is 6.84. The Morgan fingerprint density at radius 1 is 1.53 bits per heavy atom. The molecule has 0 bridgehead atoms. The Bertz CT molecular complexity index is 355. The van der Waals surface area contributed by atoms with Crippen LogP contribution in [0.4, 0.5) is 0 Å². The number of aryl methyl sites for hydroxylation is 1. The van der Waals surface area contributed by atoms with Crippen LogP contribution in [0, 0.1) is 6.92 Å². The molecule has 0 atom stereocenters. The van der Waals surface area contributed by atoms with E-state index in [2.05, 4.69) is 4.98 Å². The Balaban J connectivity index is 2.71. The van der Waals surface area contributed by atoms with Crippen molar-refractivity contribution in [2.24, 2.45) is 0 Å². The molecule has 15 heavy (non-hydrogen) atoms. The number of Topliss-reactive ketones (excluding diaryl/α,β-unsaturated/α-hetero) is 1. The molecular weight excluding hydrogens is 208 g/mol. The molecule has 0 aliphatic carbocycles. The highest BCUT2D eigenvalue weighted by Crippen LogP contribution is 2.17. The predicted molar refractivity (Wildman–Crippen MR) is 63.3 cm³/mol. The number of carbonyl (C=O) groups is 1. The largest absolute Gasteiger partial charge is 0.298 e. The first-order valence-electron chi connectivity index (χ1n) is 4.95. The average Bonchev–Trinajstić information content (AvgIpc) is 2.50. The molecule has 1 heterocycles. The van der Waals surface area contributed by atoms with E-state index >= 15 is 0 Å². The molecule has 1 rings (SSSR count). The normalized spacial score (nSPS) is 12.1. The molecule has 0 unspecified atom stereocenters. The fourth-order valence-electron chi connectivity index (χ4n) is 1.09. The smallest absolute Gasteiger partial charge is 0.159 e. The summed E-state index contributed by atoms with van der Waals surface area (Å²) in [4.78, 5) is 18.3. The lowest BCUT2D eigenvalue weighted by molar-refractivity contribution is -0.127. The van der Waals surface area contributed by atoms with Crippen LogP contribution in [0.15, 0.2) is 5.38 Å². The summed E-state index contributed by atoms with van der Waals surface area (Å²) in [7, 11) is 3.84. The molecule has 1 aromatic heterocycles. The lowest BCUT2D eigenvalue weighted by atomic mass is 9.95. The Labute approximate surface area is 95.1 Å². The Hall–Kier alpha value is -0.740. The number of aromatic nitrogens is 1. The monoisotopic (exact) mass is 226 g/mol. The second-order valence-electron chi connectivity index (χ2n) is 4.44. The third-order valence-electron chi connectivity index (χ3n) is 2.78. The molecule has 0 aliphatic heterocycles. The van der Waals surface area contributed by atoms with Crippen LogP contribution in [-0.4, -0.2) is 35.3 Å². The zero-order valence-corrected chi connectivity index (χ0v) is 10.8. The second kappa shape index (κ2) is 4.41. The highest BCUT2D eigenvalue weighted by molar-refractivity contribution is 7.09. The molecule has 0 amide bonds. The second-order valence-corrected chi connectivity index (χ2v) is 5.38. The lowest BCUT2D eigenvalue weighted by Gasteiger charge is -2.30. The van der Waals surface area contributed by atoms with Gasteiger partial charge in [-0.05, 0) is 34.9 Å². The summed E-state index contributed by atoms with van der Waals surface area (Å²) in [6, 6.07) is 0. The van der Waals surface area contributed by atoms with Crippen molar-refractivity contribution in [3.63, 3.8) is 0 Å². The van der Waals surface area contributed by atoms with Crippen molar-refractivity contribution in [3.05, 3.63) is 16.1 Å². The average molecular weight is 226 g/mol. The van der Waals surface area contributed by atoms with Crippen LogP contribution < -0.4 is 0 Å². The fourth-order valence-corrected chi connectivity index (χ4v) is 1.86. The predicted octanol–water partition coefficient (Wildman–Crippen LogP) is 1.90. The van der Waals surface area contributed by atoms with Crippen LogP contribution in [0.3, 0.4) is 0 Å². The molecule has 0 spiro atoms. The van der Waals surface area contributed by atoms with Gasteiger partial charge in [0.1, 0.15) is 5.01 Å². The van der Waals surface area contributed by atoms with E-state index in [1.54, 1.807) is 11.3 Å². The molecule has 4 heteroatoms. The number of rotatable bonds is 4. The van der Waals surface area contributed by atoms with Crippen molar-refractivity contribution in [3.8, 4) is 0 Å². The molecule has 0 saturated heterocycles. The highest BCUT2D eigenvalue weighted by Gasteiger charge is 2.29. The van der Waals surface area contributed by atoms with Gasteiger partial charge in [0, 0.05) is 11.1 Å². The third kappa shape index (κ3) is 2.86. The maximum atomic E-state index is 12.0. The number of carbonyl (C=O) groups excluding carboxylic acids is 1. The zero-order valence-electron chi connectivity index (χ0n) is 10.00. The number of thiazole rings is 1. The minimum absolute atomic E-state index is 0.210. The van der Waals surface area contributed by atoms with Crippen LogP contribution >= 0.6 is 11.3 Å². The van der Waals surface area contributed by atoms with Gasteiger partial charge in [0.2, 0.25) is 0 Å². The van der Waals surface area contributed by atoms with Gasteiger partial charge in [-0.15, -0.1) is 11.3 Å². The summed E-state index contributed by atoms with van der Waals surface area (Å²) < 4.78 is 0. The molecule has 0 saturated carbocycles. The minimum atomic E-state index is -0.417. The summed E-state index contributed by atoms with van der Waals surface area (Å²) in [5.41, 5.74) is 0.574. The highest BCUT2D eigenvalue weighted by atomic mass is 32.1. The Morgan fingerprint density at radius 3 is 2.53 bits per heavy atom. The summed E-state index contributed by atoms with van der Waals surface area (Å²) in [5.74, 6) is 0.210.